The molecule has 174 valence electrons. The smallest absolute Gasteiger partial charge is 0.416 e. The van der Waals surface area contributed by atoms with E-state index in [-0.39, 0.29) is 17.5 Å². The molecule has 0 aliphatic heterocycles. The molecule has 34 heavy (non-hydrogen) atoms. The SMILES string of the molecule is CC[C@H](C)Oc1cccc(C=Nn2c(-c3cccc(C(F)(F)F)c3)nc3ccccc3c2=O)c1. The van der Waals surface area contributed by atoms with Crippen LogP contribution >= 0.6 is 0 Å². The van der Waals surface area contributed by atoms with Crippen LogP contribution in [0.25, 0.3) is 22.3 Å². The van der Waals surface area contributed by atoms with Gasteiger partial charge in [-0.25, -0.2) is 4.98 Å². The van der Waals surface area contributed by atoms with E-state index in [0.717, 1.165) is 23.2 Å². The maximum atomic E-state index is 13.3. The third-order valence-corrected chi connectivity index (χ3v) is 5.29. The summed E-state index contributed by atoms with van der Waals surface area (Å²) in [5, 5.41) is 4.62. The highest BCUT2D eigenvalue weighted by atomic mass is 19.4. The highest BCUT2D eigenvalue weighted by molar-refractivity contribution is 5.82. The lowest BCUT2D eigenvalue weighted by Crippen LogP contribution is -2.20. The number of halogens is 3. The Balaban J connectivity index is 1.84. The summed E-state index contributed by atoms with van der Waals surface area (Å²) in [6, 6.07) is 18.5. The number of rotatable bonds is 6. The number of ether oxygens (including phenoxy) is 1. The molecule has 0 N–H and O–H groups in total. The molecular weight excluding hydrogens is 443 g/mol. The van der Waals surface area contributed by atoms with Gasteiger partial charge in [0.1, 0.15) is 5.75 Å². The van der Waals surface area contributed by atoms with Crippen LogP contribution in [0.4, 0.5) is 13.2 Å². The van der Waals surface area contributed by atoms with Gasteiger partial charge >= 0.3 is 6.18 Å². The van der Waals surface area contributed by atoms with E-state index < -0.39 is 17.3 Å². The summed E-state index contributed by atoms with van der Waals surface area (Å²) >= 11 is 0. The van der Waals surface area contributed by atoms with Crippen LogP contribution in [0.5, 0.6) is 5.75 Å². The highest BCUT2D eigenvalue weighted by Crippen LogP contribution is 2.32. The molecule has 0 amide bonds. The maximum Gasteiger partial charge on any atom is 0.416 e. The fourth-order valence-electron chi connectivity index (χ4n) is 3.36. The summed E-state index contributed by atoms with van der Waals surface area (Å²) in [6.45, 7) is 3.98. The monoisotopic (exact) mass is 465 g/mol. The van der Waals surface area contributed by atoms with Gasteiger partial charge in [0.25, 0.3) is 5.56 Å². The van der Waals surface area contributed by atoms with Gasteiger partial charge < -0.3 is 4.74 Å². The van der Waals surface area contributed by atoms with Gasteiger partial charge in [-0.3, -0.25) is 4.79 Å². The van der Waals surface area contributed by atoms with E-state index in [1.165, 1.54) is 18.3 Å². The number of hydrogen-bond donors (Lipinski definition) is 0. The van der Waals surface area contributed by atoms with Gasteiger partial charge in [-0.05, 0) is 55.3 Å². The third kappa shape index (κ3) is 5.01. The second kappa shape index (κ2) is 9.51. The summed E-state index contributed by atoms with van der Waals surface area (Å²) in [5.41, 5.74) is -0.158. The van der Waals surface area contributed by atoms with E-state index in [1.54, 1.807) is 42.5 Å². The van der Waals surface area contributed by atoms with Crippen LogP contribution in [0.1, 0.15) is 31.4 Å². The van der Waals surface area contributed by atoms with Gasteiger partial charge in [-0.2, -0.15) is 22.9 Å². The number of nitrogens with zero attached hydrogens (tertiary/aromatic N) is 3. The van der Waals surface area contributed by atoms with E-state index >= 15 is 0 Å². The molecule has 0 aliphatic rings. The Hall–Kier alpha value is -3.94. The van der Waals surface area contributed by atoms with E-state index in [4.69, 9.17) is 4.74 Å². The lowest BCUT2D eigenvalue weighted by molar-refractivity contribution is -0.137. The van der Waals surface area contributed by atoms with Crippen LogP contribution in [0, 0.1) is 0 Å². The summed E-state index contributed by atoms with van der Waals surface area (Å²) in [7, 11) is 0. The number of hydrogen-bond acceptors (Lipinski definition) is 4. The Kier molecular flexibility index (Phi) is 6.49. The minimum Gasteiger partial charge on any atom is -0.491 e. The van der Waals surface area contributed by atoms with Crippen LogP contribution in [-0.4, -0.2) is 22.0 Å². The molecule has 1 heterocycles. The molecule has 4 aromatic rings. The predicted molar refractivity (Wildman–Crippen MR) is 126 cm³/mol. The Morgan fingerprint density at radius 3 is 2.59 bits per heavy atom. The van der Waals surface area contributed by atoms with Crippen molar-refractivity contribution in [2.45, 2.75) is 32.5 Å². The fraction of sp³-hybridized carbons (Fsp3) is 0.192. The Bertz CT molecular complexity index is 1410. The Morgan fingerprint density at radius 2 is 1.82 bits per heavy atom. The van der Waals surface area contributed by atoms with Crippen molar-refractivity contribution in [2.75, 3.05) is 0 Å². The van der Waals surface area contributed by atoms with Crippen molar-refractivity contribution in [1.29, 1.82) is 0 Å². The van der Waals surface area contributed by atoms with Crippen molar-refractivity contribution in [3.63, 3.8) is 0 Å². The van der Waals surface area contributed by atoms with Crippen molar-refractivity contribution >= 4 is 17.1 Å². The molecule has 0 radical (unpaired) electrons. The molecule has 0 aliphatic carbocycles. The van der Waals surface area contributed by atoms with Crippen LogP contribution in [-0.2, 0) is 6.18 Å². The quantitative estimate of drug-likeness (QED) is 0.321. The molecule has 3 aromatic carbocycles. The average Bonchev–Trinajstić information content (AvgIpc) is 2.83. The van der Waals surface area contributed by atoms with Gasteiger partial charge in [0.05, 0.1) is 28.8 Å². The van der Waals surface area contributed by atoms with Crippen LogP contribution < -0.4 is 10.3 Å². The first kappa shape index (κ1) is 23.2. The zero-order valence-corrected chi connectivity index (χ0v) is 18.6. The van der Waals surface area contributed by atoms with E-state index in [9.17, 15) is 18.0 Å². The largest absolute Gasteiger partial charge is 0.491 e. The first-order valence-corrected chi connectivity index (χ1v) is 10.8. The average molecular weight is 465 g/mol. The molecule has 0 bridgehead atoms. The van der Waals surface area contributed by atoms with E-state index in [1.807, 2.05) is 19.9 Å². The predicted octanol–water partition coefficient (Wildman–Crippen LogP) is 6.14. The van der Waals surface area contributed by atoms with Crippen molar-refractivity contribution < 1.29 is 17.9 Å². The number of fused-ring (bicyclic) bond motifs is 1. The van der Waals surface area contributed by atoms with Gasteiger partial charge in [0.2, 0.25) is 0 Å². The molecule has 0 unspecified atom stereocenters. The summed E-state index contributed by atoms with van der Waals surface area (Å²) in [6.07, 6.45) is -2.20. The van der Waals surface area contributed by atoms with Crippen molar-refractivity contribution in [1.82, 2.24) is 9.66 Å². The van der Waals surface area contributed by atoms with Gasteiger partial charge in [-0.1, -0.05) is 43.3 Å². The molecule has 0 spiro atoms. The minimum atomic E-state index is -4.53. The minimum absolute atomic E-state index is 0.0121. The number of benzene rings is 3. The van der Waals surface area contributed by atoms with Crippen LogP contribution in [0.15, 0.2) is 82.7 Å². The second-order valence-corrected chi connectivity index (χ2v) is 7.80. The molecule has 5 nitrogen and oxygen atoms in total. The number of aromatic nitrogens is 2. The summed E-state index contributed by atoms with van der Waals surface area (Å²) in [4.78, 5) is 17.7. The number of alkyl halides is 3. The number of para-hydroxylation sites is 1. The van der Waals surface area contributed by atoms with Gasteiger partial charge in [0.15, 0.2) is 5.82 Å². The maximum absolute atomic E-state index is 13.3. The molecule has 0 saturated heterocycles. The zero-order valence-electron chi connectivity index (χ0n) is 18.6. The lowest BCUT2D eigenvalue weighted by Gasteiger charge is -2.13. The summed E-state index contributed by atoms with van der Waals surface area (Å²) < 4.78 is 46.8. The zero-order chi connectivity index (χ0) is 24.3. The lowest BCUT2D eigenvalue weighted by atomic mass is 10.1. The first-order chi connectivity index (χ1) is 16.3. The Morgan fingerprint density at radius 1 is 1.06 bits per heavy atom. The normalized spacial score (nSPS) is 12.9. The molecule has 8 heteroatoms. The first-order valence-electron chi connectivity index (χ1n) is 10.8. The van der Waals surface area contributed by atoms with Gasteiger partial charge in [0, 0.05) is 5.56 Å². The molecular formula is C26H22F3N3O2. The molecule has 0 saturated carbocycles. The van der Waals surface area contributed by atoms with Crippen molar-refractivity contribution in [3.8, 4) is 17.1 Å². The van der Waals surface area contributed by atoms with E-state index in [0.29, 0.717) is 22.2 Å². The summed E-state index contributed by atoms with van der Waals surface area (Å²) in [5.74, 6) is 0.665. The topological polar surface area (TPSA) is 56.5 Å². The Labute approximate surface area is 194 Å². The third-order valence-electron chi connectivity index (χ3n) is 5.29. The molecule has 1 aromatic heterocycles. The van der Waals surface area contributed by atoms with Crippen LogP contribution in [0.3, 0.4) is 0 Å². The molecule has 1 atom stereocenters. The van der Waals surface area contributed by atoms with E-state index in [2.05, 4.69) is 10.1 Å². The van der Waals surface area contributed by atoms with Crippen molar-refractivity contribution in [2.24, 2.45) is 5.10 Å². The highest BCUT2D eigenvalue weighted by Gasteiger charge is 2.30. The van der Waals surface area contributed by atoms with Gasteiger partial charge in [-0.15, -0.1) is 0 Å². The molecule has 0 fully saturated rings. The molecule has 4 rings (SSSR count). The second-order valence-electron chi connectivity index (χ2n) is 7.80. The standard InChI is InChI=1S/C26H22F3N3O2/c1-3-17(2)34-21-11-6-8-18(14-21)16-30-32-24(19-9-7-10-20(15-19)26(27,28)29)31-23-13-5-4-12-22(23)25(32)33/h4-17H,3H2,1-2H3/t17-/m0/s1. The van der Waals surface area contributed by atoms with Crippen LogP contribution in [0.2, 0.25) is 0 Å². The van der Waals surface area contributed by atoms with Crippen molar-refractivity contribution in [3.05, 3.63) is 94.3 Å². The fourth-order valence-corrected chi connectivity index (χ4v) is 3.36.